The second kappa shape index (κ2) is 12.3. The average molecular weight is 383 g/mol. The first kappa shape index (κ1) is 23.8. The molecule has 1 rings (SSSR count). The van der Waals surface area contributed by atoms with E-state index in [1.54, 1.807) is 0 Å². The molecule has 156 valence electrons. The van der Waals surface area contributed by atoms with E-state index in [-0.39, 0.29) is 30.0 Å². The molecule has 0 radical (unpaired) electrons. The van der Waals surface area contributed by atoms with Crippen LogP contribution < -0.4 is 0 Å². The second-order valence-corrected chi connectivity index (χ2v) is 8.18. The Kier molecular flexibility index (Phi) is 10.9. The molecule has 1 fully saturated rings. The molecule has 1 aliphatic rings. The van der Waals surface area contributed by atoms with Gasteiger partial charge in [0, 0.05) is 24.7 Å². The number of aliphatic hydroxyl groups excluding tert-OH is 1. The largest absolute Gasteiger partial charge is 0.469 e. The number of Topliss-reactive ketones (excluding diaryl/α,β-unsaturated/α-hetero) is 1. The number of unbranched alkanes of at least 4 members (excludes halogenated alkanes) is 4. The van der Waals surface area contributed by atoms with E-state index in [4.69, 9.17) is 0 Å². The minimum absolute atomic E-state index is 0.127. The van der Waals surface area contributed by atoms with Crippen molar-refractivity contribution in [3.63, 3.8) is 0 Å². The Bertz CT molecular complexity index is 483. The standard InChI is InChI=1S/C22H38O5/c1-4-5-14-22(2,26)15-10-12-18-17(19(23)16-20(18)24)11-8-6-7-9-13-21(25)27-3/h10,12,17-18,20,24,26H,4-9,11,13-16H2,1-3H3/b12-10+/t17-,18-,20-,22-/m1/s1. The van der Waals surface area contributed by atoms with Crippen molar-refractivity contribution in [3.05, 3.63) is 12.2 Å². The molecule has 0 unspecified atom stereocenters. The van der Waals surface area contributed by atoms with Crippen molar-refractivity contribution < 1.29 is 24.5 Å². The predicted molar refractivity (Wildman–Crippen MR) is 106 cm³/mol. The van der Waals surface area contributed by atoms with E-state index in [1.807, 2.05) is 19.1 Å². The van der Waals surface area contributed by atoms with Gasteiger partial charge in [0.2, 0.25) is 0 Å². The summed E-state index contributed by atoms with van der Waals surface area (Å²) in [5.74, 6) is -0.305. The number of ketones is 1. The number of esters is 1. The highest BCUT2D eigenvalue weighted by molar-refractivity contribution is 5.84. The van der Waals surface area contributed by atoms with Crippen molar-refractivity contribution in [1.29, 1.82) is 0 Å². The van der Waals surface area contributed by atoms with Crippen molar-refractivity contribution in [2.45, 2.75) is 96.2 Å². The molecule has 0 aromatic heterocycles. The van der Waals surface area contributed by atoms with Gasteiger partial charge in [-0.05, 0) is 32.6 Å². The third kappa shape index (κ3) is 9.02. The molecule has 0 aromatic carbocycles. The smallest absolute Gasteiger partial charge is 0.305 e. The molecule has 0 amide bonds. The molecule has 2 N–H and O–H groups in total. The monoisotopic (exact) mass is 382 g/mol. The Morgan fingerprint density at radius 3 is 2.63 bits per heavy atom. The fraction of sp³-hybridized carbons (Fsp3) is 0.818. The van der Waals surface area contributed by atoms with Crippen molar-refractivity contribution >= 4 is 11.8 Å². The number of methoxy groups -OCH3 is 1. The summed E-state index contributed by atoms with van der Waals surface area (Å²) < 4.78 is 4.62. The van der Waals surface area contributed by atoms with E-state index in [0.717, 1.165) is 51.4 Å². The molecule has 5 nitrogen and oxygen atoms in total. The number of carbonyl (C=O) groups is 2. The molecular weight excluding hydrogens is 344 g/mol. The number of aliphatic hydroxyl groups is 2. The Labute approximate surface area is 164 Å². The molecule has 0 saturated heterocycles. The Morgan fingerprint density at radius 1 is 1.26 bits per heavy atom. The first-order chi connectivity index (χ1) is 12.8. The van der Waals surface area contributed by atoms with Crippen LogP contribution in [-0.2, 0) is 14.3 Å². The lowest BCUT2D eigenvalue weighted by Crippen LogP contribution is -2.23. The van der Waals surface area contributed by atoms with E-state index >= 15 is 0 Å². The second-order valence-electron chi connectivity index (χ2n) is 8.18. The summed E-state index contributed by atoms with van der Waals surface area (Å²) in [5, 5.41) is 20.6. The molecule has 0 heterocycles. The van der Waals surface area contributed by atoms with Crippen molar-refractivity contribution in [3.8, 4) is 0 Å². The van der Waals surface area contributed by atoms with Gasteiger partial charge in [-0.25, -0.2) is 0 Å². The fourth-order valence-electron chi connectivity index (χ4n) is 3.82. The Balaban J connectivity index is 2.42. The number of hydrogen-bond donors (Lipinski definition) is 2. The highest BCUT2D eigenvalue weighted by Gasteiger charge is 2.39. The highest BCUT2D eigenvalue weighted by Crippen LogP contribution is 2.34. The summed E-state index contributed by atoms with van der Waals surface area (Å²) in [5.41, 5.74) is -0.727. The van der Waals surface area contributed by atoms with Gasteiger partial charge in [-0.15, -0.1) is 0 Å². The van der Waals surface area contributed by atoms with Crippen LogP contribution >= 0.6 is 0 Å². The van der Waals surface area contributed by atoms with E-state index in [0.29, 0.717) is 12.8 Å². The van der Waals surface area contributed by atoms with Crippen LogP contribution in [0.2, 0.25) is 0 Å². The average Bonchev–Trinajstić information content (AvgIpc) is 2.89. The lowest BCUT2D eigenvalue weighted by atomic mass is 9.87. The Morgan fingerprint density at radius 2 is 1.96 bits per heavy atom. The van der Waals surface area contributed by atoms with Gasteiger partial charge in [0.25, 0.3) is 0 Å². The zero-order valence-corrected chi connectivity index (χ0v) is 17.3. The molecule has 0 aromatic rings. The van der Waals surface area contributed by atoms with Crippen LogP contribution in [0, 0.1) is 11.8 Å². The zero-order chi connectivity index (χ0) is 20.3. The molecule has 0 spiro atoms. The third-order valence-corrected chi connectivity index (χ3v) is 5.59. The van der Waals surface area contributed by atoms with Gasteiger partial charge in [0.1, 0.15) is 5.78 Å². The maximum absolute atomic E-state index is 12.2. The maximum atomic E-state index is 12.2. The highest BCUT2D eigenvalue weighted by atomic mass is 16.5. The van der Waals surface area contributed by atoms with E-state index in [1.165, 1.54) is 7.11 Å². The normalized spacial score (nSPS) is 25.1. The molecule has 0 aliphatic heterocycles. The fourth-order valence-corrected chi connectivity index (χ4v) is 3.82. The number of hydrogen-bond acceptors (Lipinski definition) is 5. The number of rotatable bonds is 13. The molecule has 1 saturated carbocycles. The third-order valence-electron chi connectivity index (χ3n) is 5.59. The summed E-state index contributed by atoms with van der Waals surface area (Å²) in [4.78, 5) is 23.3. The zero-order valence-electron chi connectivity index (χ0n) is 17.3. The lowest BCUT2D eigenvalue weighted by molar-refractivity contribution is -0.140. The van der Waals surface area contributed by atoms with Crippen LogP contribution in [0.1, 0.15) is 84.5 Å². The maximum Gasteiger partial charge on any atom is 0.305 e. The Hall–Kier alpha value is -1.20. The summed E-state index contributed by atoms with van der Waals surface area (Å²) in [6, 6.07) is 0. The van der Waals surface area contributed by atoms with Gasteiger partial charge in [-0.3, -0.25) is 9.59 Å². The summed E-state index contributed by atoms with van der Waals surface area (Å²) >= 11 is 0. The summed E-state index contributed by atoms with van der Waals surface area (Å²) in [6.07, 6.45) is 11.7. The van der Waals surface area contributed by atoms with Crippen LogP contribution in [0.15, 0.2) is 12.2 Å². The molecular formula is C22H38O5. The quantitative estimate of drug-likeness (QED) is 0.286. The minimum Gasteiger partial charge on any atom is -0.469 e. The summed E-state index contributed by atoms with van der Waals surface area (Å²) in [6.45, 7) is 3.95. The molecule has 27 heavy (non-hydrogen) atoms. The van der Waals surface area contributed by atoms with Gasteiger partial charge in [-0.1, -0.05) is 51.2 Å². The first-order valence-corrected chi connectivity index (χ1v) is 10.5. The van der Waals surface area contributed by atoms with Crippen LogP contribution in [0.5, 0.6) is 0 Å². The van der Waals surface area contributed by atoms with Crippen LogP contribution in [-0.4, -0.2) is 40.8 Å². The van der Waals surface area contributed by atoms with Gasteiger partial charge in [-0.2, -0.15) is 0 Å². The van der Waals surface area contributed by atoms with Gasteiger partial charge >= 0.3 is 5.97 Å². The molecule has 1 aliphatic carbocycles. The predicted octanol–water partition coefficient (Wildman–Crippen LogP) is 3.95. The number of ether oxygens (including phenoxy) is 1. The van der Waals surface area contributed by atoms with Crippen molar-refractivity contribution in [2.24, 2.45) is 11.8 Å². The van der Waals surface area contributed by atoms with Gasteiger partial charge < -0.3 is 14.9 Å². The van der Waals surface area contributed by atoms with Crippen LogP contribution in [0.3, 0.4) is 0 Å². The first-order valence-electron chi connectivity index (χ1n) is 10.5. The molecule has 4 atom stereocenters. The van der Waals surface area contributed by atoms with Crippen molar-refractivity contribution in [1.82, 2.24) is 0 Å². The molecule has 5 heteroatoms. The van der Waals surface area contributed by atoms with Gasteiger partial charge in [0.05, 0.1) is 18.8 Å². The van der Waals surface area contributed by atoms with E-state index in [2.05, 4.69) is 11.7 Å². The van der Waals surface area contributed by atoms with Gasteiger partial charge in [0.15, 0.2) is 0 Å². The van der Waals surface area contributed by atoms with E-state index < -0.39 is 11.7 Å². The topological polar surface area (TPSA) is 83.8 Å². The lowest BCUT2D eigenvalue weighted by Gasteiger charge is -2.22. The van der Waals surface area contributed by atoms with Crippen molar-refractivity contribution in [2.75, 3.05) is 7.11 Å². The SMILES string of the molecule is CCCC[C@@](C)(O)C/C=C/[C@H]1[C@H](O)CC(=O)[C@@H]1CCCCCCC(=O)OC. The van der Waals surface area contributed by atoms with E-state index in [9.17, 15) is 19.8 Å². The van der Waals surface area contributed by atoms with Crippen LogP contribution in [0.4, 0.5) is 0 Å². The minimum atomic E-state index is -0.727. The summed E-state index contributed by atoms with van der Waals surface area (Å²) in [7, 11) is 1.40. The molecule has 0 bridgehead atoms. The number of carbonyl (C=O) groups excluding carboxylic acids is 2. The van der Waals surface area contributed by atoms with Crippen LogP contribution in [0.25, 0.3) is 0 Å².